The summed E-state index contributed by atoms with van der Waals surface area (Å²) in [5.41, 5.74) is 0.129. The first kappa shape index (κ1) is 23.2. The number of amides is 3. The van der Waals surface area contributed by atoms with E-state index in [1.165, 1.54) is 25.3 Å². The lowest BCUT2D eigenvalue weighted by Gasteiger charge is -2.31. The van der Waals surface area contributed by atoms with E-state index in [4.69, 9.17) is 9.47 Å². The maximum Gasteiger partial charge on any atom is 0.409 e. The molecule has 0 aliphatic carbocycles. The minimum atomic E-state index is -3.02. The Balaban J connectivity index is 1.79. The van der Waals surface area contributed by atoms with Gasteiger partial charge < -0.3 is 29.7 Å². The fourth-order valence-electron chi connectivity index (χ4n) is 2.96. The number of ether oxygens (including phenoxy) is 3. The molecule has 0 atom stereocenters. The SMILES string of the molecule is CCOC(=O)N1CCC(NC(=O)CNC(=O)c2ccc(OC(F)F)c(OC)c2)CC1. The van der Waals surface area contributed by atoms with Crippen molar-refractivity contribution in [1.29, 1.82) is 0 Å². The second-order valence-electron chi connectivity index (χ2n) is 6.45. The third kappa shape index (κ3) is 6.75. The molecule has 1 aromatic rings. The van der Waals surface area contributed by atoms with Gasteiger partial charge in [0.2, 0.25) is 5.91 Å². The summed E-state index contributed by atoms with van der Waals surface area (Å²) in [6.45, 7) is -0.281. The van der Waals surface area contributed by atoms with Crippen LogP contribution >= 0.6 is 0 Å². The topological polar surface area (TPSA) is 106 Å². The Morgan fingerprint density at radius 1 is 1.20 bits per heavy atom. The van der Waals surface area contributed by atoms with Crippen LogP contribution in [-0.4, -0.2) is 68.8 Å². The second-order valence-corrected chi connectivity index (χ2v) is 6.45. The molecule has 1 aliphatic rings. The van der Waals surface area contributed by atoms with Gasteiger partial charge in [0.05, 0.1) is 20.3 Å². The van der Waals surface area contributed by atoms with Gasteiger partial charge >= 0.3 is 12.7 Å². The van der Waals surface area contributed by atoms with Gasteiger partial charge in [0.1, 0.15) is 0 Å². The van der Waals surface area contributed by atoms with Gasteiger partial charge in [-0.05, 0) is 38.0 Å². The first-order chi connectivity index (χ1) is 14.3. The van der Waals surface area contributed by atoms with Crippen LogP contribution < -0.4 is 20.1 Å². The molecule has 11 heteroatoms. The van der Waals surface area contributed by atoms with Crippen molar-refractivity contribution in [3.8, 4) is 11.5 Å². The lowest BCUT2D eigenvalue weighted by molar-refractivity contribution is -0.121. The van der Waals surface area contributed by atoms with Crippen LogP contribution in [0.4, 0.5) is 13.6 Å². The molecule has 1 aromatic carbocycles. The summed E-state index contributed by atoms with van der Waals surface area (Å²) in [7, 11) is 1.26. The van der Waals surface area contributed by atoms with Crippen LogP contribution in [-0.2, 0) is 9.53 Å². The predicted molar refractivity (Wildman–Crippen MR) is 102 cm³/mol. The van der Waals surface area contributed by atoms with Crippen LogP contribution in [0.3, 0.4) is 0 Å². The van der Waals surface area contributed by atoms with Crippen molar-refractivity contribution in [3.05, 3.63) is 23.8 Å². The highest BCUT2D eigenvalue weighted by Crippen LogP contribution is 2.29. The van der Waals surface area contributed by atoms with Crippen LogP contribution in [0.25, 0.3) is 0 Å². The summed E-state index contributed by atoms with van der Waals surface area (Å²) in [5, 5.41) is 5.27. The normalized spacial score (nSPS) is 14.2. The minimum absolute atomic E-state index is 0.0271. The molecule has 166 valence electrons. The zero-order valence-corrected chi connectivity index (χ0v) is 16.8. The third-order valence-corrected chi connectivity index (χ3v) is 4.44. The zero-order chi connectivity index (χ0) is 22.1. The Bertz CT molecular complexity index is 754. The molecule has 1 saturated heterocycles. The molecule has 3 amide bonds. The van der Waals surface area contributed by atoms with Crippen molar-refractivity contribution >= 4 is 17.9 Å². The highest BCUT2D eigenvalue weighted by Gasteiger charge is 2.24. The van der Waals surface area contributed by atoms with Crippen LogP contribution in [0.15, 0.2) is 18.2 Å². The van der Waals surface area contributed by atoms with E-state index in [1.54, 1.807) is 11.8 Å². The van der Waals surface area contributed by atoms with E-state index in [0.29, 0.717) is 32.5 Å². The van der Waals surface area contributed by atoms with Gasteiger partial charge in [0, 0.05) is 24.7 Å². The number of piperidine rings is 1. The lowest BCUT2D eigenvalue weighted by Crippen LogP contribution is -2.48. The minimum Gasteiger partial charge on any atom is -0.493 e. The van der Waals surface area contributed by atoms with Gasteiger partial charge in [-0.25, -0.2) is 4.79 Å². The molecule has 0 aromatic heterocycles. The molecule has 2 N–H and O–H groups in total. The van der Waals surface area contributed by atoms with E-state index in [9.17, 15) is 23.2 Å². The van der Waals surface area contributed by atoms with Crippen LogP contribution in [0, 0.1) is 0 Å². The number of hydrogen-bond donors (Lipinski definition) is 2. The molecule has 1 fully saturated rings. The van der Waals surface area contributed by atoms with Gasteiger partial charge in [-0.15, -0.1) is 0 Å². The number of hydrogen-bond acceptors (Lipinski definition) is 6. The number of likely N-dealkylation sites (tertiary alicyclic amines) is 1. The molecular weight excluding hydrogens is 404 g/mol. The van der Waals surface area contributed by atoms with E-state index in [-0.39, 0.29) is 41.6 Å². The van der Waals surface area contributed by atoms with E-state index in [2.05, 4.69) is 15.4 Å². The number of nitrogens with zero attached hydrogens (tertiary/aromatic N) is 1. The van der Waals surface area contributed by atoms with E-state index < -0.39 is 12.5 Å². The molecule has 1 heterocycles. The Morgan fingerprint density at radius 2 is 1.90 bits per heavy atom. The first-order valence-electron chi connectivity index (χ1n) is 9.46. The van der Waals surface area contributed by atoms with Gasteiger partial charge in [0.25, 0.3) is 5.91 Å². The number of carbonyl (C=O) groups is 3. The Kier molecular flexibility index (Phi) is 8.63. The Labute approximate surface area is 172 Å². The van der Waals surface area contributed by atoms with E-state index in [1.807, 2.05) is 0 Å². The largest absolute Gasteiger partial charge is 0.493 e. The molecule has 2 rings (SSSR count). The molecule has 0 radical (unpaired) electrons. The van der Waals surface area contributed by atoms with Gasteiger partial charge in [-0.1, -0.05) is 0 Å². The molecule has 0 bridgehead atoms. The molecule has 0 unspecified atom stereocenters. The summed E-state index contributed by atoms with van der Waals surface area (Å²) in [6, 6.07) is 3.62. The number of halogens is 2. The number of benzene rings is 1. The number of carbonyl (C=O) groups excluding carboxylic acids is 3. The summed E-state index contributed by atoms with van der Waals surface area (Å²) in [6.07, 6.45) is 0.803. The Hall–Kier alpha value is -3.11. The van der Waals surface area contributed by atoms with Gasteiger partial charge in [0.15, 0.2) is 11.5 Å². The number of alkyl halides is 2. The monoisotopic (exact) mass is 429 g/mol. The van der Waals surface area contributed by atoms with Crippen LogP contribution in [0.2, 0.25) is 0 Å². The van der Waals surface area contributed by atoms with E-state index in [0.717, 1.165) is 0 Å². The molecule has 1 aliphatic heterocycles. The van der Waals surface area contributed by atoms with Crippen molar-refractivity contribution in [2.75, 3.05) is 33.4 Å². The molecule has 9 nitrogen and oxygen atoms in total. The first-order valence-corrected chi connectivity index (χ1v) is 9.46. The predicted octanol–water partition coefficient (Wildman–Crippen LogP) is 1.76. The van der Waals surface area contributed by atoms with Crippen molar-refractivity contribution in [1.82, 2.24) is 15.5 Å². The second kappa shape index (κ2) is 11.2. The van der Waals surface area contributed by atoms with Crippen molar-refractivity contribution in [2.45, 2.75) is 32.4 Å². The standard InChI is InChI=1S/C19H25F2N3O6/c1-3-29-19(27)24-8-6-13(7-9-24)23-16(25)11-22-17(26)12-4-5-14(30-18(20)21)15(10-12)28-2/h4-5,10,13,18H,3,6-9,11H2,1-2H3,(H,22,26)(H,23,25). The van der Waals surface area contributed by atoms with Gasteiger partial charge in [-0.2, -0.15) is 8.78 Å². The molecule has 0 saturated carbocycles. The summed E-state index contributed by atoms with van der Waals surface area (Å²) in [4.78, 5) is 37.6. The lowest BCUT2D eigenvalue weighted by atomic mass is 10.1. The Morgan fingerprint density at radius 3 is 2.50 bits per heavy atom. The highest BCUT2D eigenvalue weighted by molar-refractivity contribution is 5.97. The van der Waals surface area contributed by atoms with Crippen LogP contribution in [0.1, 0.15) is 30.1 Å². The fraction of sp³-hybridized carbons (Fsp3) is 0.526. The van der Waals surface area contributed by atoms with Gasteiger partial charge in [-0.3, -0.25) is 9.59 Å². The summed E-state index contributed by atoms with van der Waals surface area (Å²) in [5.74, 6) is -1.16. The number of nitrogens with one attached hydrogen (secondary N) is 2. The molecular formula is C19H25F2N3O6. The fourth-order valence-corrected chi connectivity index (χ4v) is 2.96. The van der Waals surface area contributed by atoms with Crippen molar-refractivity contribution in [2.24, 2.45) is 0 Å². The summed E-state index contributed by atoms with van der Waals surface area (Å²) < 4.78 is 38.9. The molecule has 0 spiro atoms. The smallest absolute Gasteiger partial charge is 0.409 e. The third-order valence-electron chi connectivity index (χ3n) is 4.44. The maximum atomic E-state index is 12.4. The quantitative estimate of drug-likeness (QED) is 0.652. The zero-order valence-electron chi connectivity index (χ0n) is 16.8. The maximum absolute atomic E-state index is 12.4. The number of methoxy groups -OCH3 is 1. The molecule has 30 heavy (non-hydrogen) atoms. The highest BCUT2D eigenvalue weighted by atomic mass is 19.3. The van der Waals surface area contributed by atoms with Crippen molar-refractivity contribution in [3.63, 3.8) is 0 Å². The van der Waals surface area contributed by atoms with Crippen LogP contribution in [0.5, 0.6) is 11.5 Å². The van der Waals surface area contributed by atoms with Crippen molar-refractivity contribution < 1.29 is 37.4 Å². The average Bonchev–Trinajstić information content (AvgIpc) is 2.72. The average molecular weight is 429 g/mol. The van der Waals surface area contributed by atoms with E-state index >= 15 is 0 Å². The summed E-state index contributed by atoms with van der Waals surface area (Å²) >= 11 is 0. The number of rotatable bonds is 8.